The third-order valence-electron chi connectivity index (χ3n) is 5.48. The molecule has 0 spiro atoms. The predicted octanol–water partition coefficient (Wildman–Crippen LogP) is 4.99. The van der Waals surface area contributed by atoms with Gasteiger partial charge in [-0.05, 0) is 49.3 Å². The van der Waals surface area contributed by atoms with Gasteiger partial charge < -0.3 is 10.2 Å². The Morgan fingerprint density at radius 2 is 1.53 bits per heavy atom. The van der Waals surface area contributed by atoms with Crippen LogP contribution in [-0.2, 0) is 22.6 Å². The number of carbonyl (C=O) groups excluding carboxylic acids is 2. The van der Waals surface area contributed by atoms with Crippen molar-refractivity contribution in [2.24, 2.45) is 0 Å². The first-order valence-corrected chi connectivity index (χ1v) is 11.1. The van der Waals surface area contributed by atoms with Gasteiger partial charge in [0.25, 0.3) is 0 Å². The van der Waals surface area contributed by atoms with E-state index in [1.54, 1.807) is 4.90 Å². The van der Waals surface area contributed by atoms with Crippen LogP contribution in [0.4, 0.5) is 0 Å². The quantitative estimate of drug-likeness (QED) is 0.602. The highest BCUT2D eigenvalue weighted by Crippen LogP contribution is 2.18. The molecule has 2 aromatic rings. The lowest BCUT2D eigenvalue weighted by Gasteiger charge is -2.30. The topological polar surface area (TPSA) is 49.4 Å². The second-order valence-electron chi connectivity index (χ2n) is 8.22. The number of rotatable bonds is 10. The van der Waals surface area contributed by atoms with Gasteiger partial charge in [0.1, 0.15) is 6.04 Å². The summed E-state index contributed by atoms with van der Waals surface area (Å²) in [7, 11) is 0. The van der Waals surface area contributed by atoms with Crippen molar-refractivity contribution in [3.05, 3.63) is 70.8 Å². The molecule has 0 bridgehead atoms. The van der Waals surface area contributed by atoms with Crippen molar-refractivity contribution >= 4 is 11.8 Å². The molecule has 0 radical (unpaired) electrons. The van der Waals surface area contributed by atoms with Crippen LogP contribution in [0.3, 0.4) is 0 Å². The Labute approximate surface area is 181 Å². The molecule has 2 amide bonds. The largest absolute Gasteiger partial charge is 0.355 e. The molecule has 0 heterocycles. The SMILES string of the molecule is CCNC(=O)[C@H](CC)N(Cc1ccc(C)cc1)C(=O)CCc1ccc(C(C)C)cc1. The zero-order chi connectivity index (χ0) is 22.1. The van der Waals surface area contributed by atoms with Gasteiger partial charge in [0, 0.05) is 19.5 Å². The molecule has 30 heavy (non-hydrogen) atoms. The van der Waals surface area contributed by atoms with Crippen molar-refractivity contribution < 1.29 is 9.59 Å². The van der Waals surface area contributed by atoms with Gasteiger partial charge in [0.2, 0.25) is 11.8 Å². The molecule has 0 unspecified atom stereocenters. The highest BCUT2D eigenvalue weighted by atomic mass is 16.2. The minimum absolute atomic E-state index is 0.0154. The van der Waals surface area contributed by atoms with Crippen molar-refractivity contribution in [2.75, 3.05) is 6.54 Å². The van der Waals surface area contributed by atoms with Gasteiger partial charge in [-0.3, -0.25) is 9.59 Å². The fourth-order valence-electron chi connectivity index (χ4n) is 3.57. The molecule has 0 aliphatic heterocycles. The van der Waals surface area contributed by atoms with Crippen molar-refractivity contribution in [1.29, 1.82) is 0 Å². The number of nitrogens with one attached hydrogen (secondary N) is 1. The molecule has 0 saturated carbocycles. The van der Waals surface area contributed by atoms with E-state index in [9.17, 15) is 9.59 Å². The summed E-state index contributed by atoms with van der Waals surface area (Å²) in [4.78, 5) is 27.6. The lowest BCUT2D eigenvalue weighted by molar-refractivity contribution is -0.141. The van der Waals surface area contributed by atoms with E-state index in [1.165, 1.54) is 11.1 Å². The van der Waals surface area contributed by atoms with Crippen LogP contribution in [0.15, 0.2) is 48.5 Å². The number of amides is 2. The van der Waals surface area contributed by atoms with Gasteiger partial charge in [-0.15, -0.1) is 0 Å². The Morgan fingerprint density at radius 3 is 2.07 bits per heavy atom. The zero-order valence-corrected chi connectivity index (χ0v) is 19.1. The molecule has 1 N–H and O–H groups in total. The zero-order valence-electron chi connectivity index (χ0n) is 19.1. The van der Waals surface area contributed by atoms with Gasteiger partial charge in [0.15, 0.2) is 0 Å². The smallest absolute Gasteiger partial charge is 0.242 e. The highest BCUT2D eigenvalue weighted by molar-refractivity contribution is 5.87. The fraction of sp³-hybridized carbons (Fsp3) is 0.462. The van der Waals surface area contributed by atoms with E-state index in [1.807, 2.05) is 45.0 Å². The molecule has 0 saturated heterocycles. The summed E-state index contributed by atoms with van der Waals surface area (Å²) in [5.74, 6) is 0.427. The number of nitrogens with zero attached hydrogens (tertiary/aromatic N) is 1. The van der Waals surface area contributed by atoms with Crippen molar-refractivity contribution in [1.82, 2.24) is 10.2 Å². The molecule has 1 atom stereocenters. The standard InChI is InChI=1S/C26H36N2O2/c1-6-24(26(30)27-7-2)28(18-22-10-8-20(5)9-11-22)25(29)17-14-21-12-15-23(16-13-21)19(3)4/h8-13,15-16,19,24H,6-7,14,17-18H2,1-5H3,(H,27,30)/t24-/m0/s1. The average molecular weight is 409 g/mol. The van der Waals surface area contributed by atoms with Crippen LogP contribution in [-0.4, -0.2) is 29.3 Å². The molecule has 0 aliphatic carbocycles. The van der Waals surface area contributed by atoms with Crippen molar-refractivity contribution in [3.63, 3.8) is 0 Å². The first-order chi connectivity index (χ1) is 14.3. The summed E-state index contributed by atoms with van der Waals surface area (Å²) in [6.45, 7) is 11.3. The molecular weight excluding hydrogens is 372 g/mol. The molecule has 4 nitrogen and oxygen atoms in total. The normalized spacial score (nSPS) is 11.9. The molecule has 2 aromatic carbocycles. The van der Waals surface area contributed by atoms with E-state index >= 15 is 0 Å². The third kappa shape index (κ3) is 6.72. The number of carbonyl (C=O) groups is 2. The summed E-state index contributed by atoms with van der Waals surface area (Å²) in [6, 6.07) is 16.2. The van der Waals surface area contributed by atoms with Gasteiger partial charge in [-0.2, -0.15) is 0 Å². The minimum Gasteiger partial charge on any atom is -0.355 e. The van der Waals surface area contributed by atoms with E-state index in [0.717, 1.165) is 11.1 Å². The summed E-state index contributed by atoms with van der Waals surface area (Å²) in [5, 5.41) is 2.88. The van der Waals surface area contributed by atoms with Crippen molar-refractivity contribution in [3.8, 4) is 0 Å². The minimum atomic E-state index is -0.456. The Morgan fingerprint density at radius 1 is 0.933 bits per heavy atom. The van der Waals surface area contributed by atoms with Gasteiger partial charge >= 0.3 is 0 Å². The number of likely N-dealkylation sites (N-methyl/N-ethyl adjacent to an activating group) is 1. The van der Waals surface area contributed by atoms with Crippen LogP contribution in [0, 0.1) is 6.92 Å². The third-order valence-corrected chi connectivity index (χ3v) is 5.48. The first-order valence-electron chi connectivity index (χ1n) is 11.1. The van der Waals surface area contributed by atoms with Crippen LogP contribution in [0.2, 0.25) is 0 Å². The molecule has 2 rings (SSSR count). The van der Waals surface area contributed by atoms with Crippen LogP contribution < -0.4 is 5.32 Å². The highest BCUT2D eigenvalue weighted by Gasteiger charge is 2.28. The van der Waals surface area contributed by atoms with Gasteiger partial charge in [-0.25, -0.2) is 0 Å². The molecular formula is C26H36N2O2. The van der Waals surface area contributed by atoms with E-state index < -0.39 is 6.04 Å². The van der Waals surface area contributed by atoms with Crippen LogP contribution >= 0.6 is 0 Å². The van der Waals surface area contributed by atoms with Crippen molar-refractivity contribution in [2.45, 2.75) is 72.4 Å². The van der Waals surface area contributed by atoms with Crippen LogP contribution in [0.5, 0.6) is 0 Å². The van der Waals surface area contributed by atoms with E-state index in [0.29, 0.717) is 38.3 Å². The lowest BCUT2D eigenvalue weighted by atomic mass is 10.00. The van der Waals surface area contributed by atoms with E-state index in [2.05, 4.69) is 43.4 Å². The molecule has 162 valence electrons. The number of hydrogen-bond donors (Lipinski definition) is 1. The van der Waals surface area contributed by atoms with E-state index in [4.69, 9.17) is 0 Å². The van der Waals surface area contributed by atoms with E-state index in [-0.39, 0.29) is 11.8 Å². The lowest BCUT2D eigenvalue weighted by Crippen LogP contribution is -2.49. The second-order valence-corrected chi connectivity index (χ2v) is 8.22. The summed E-state index contributed by atoms with van der Waals surface area (Å²) in [6.07, 6.45) is 1.66. The number of hydrogen-bond acceptors (Lipinski definition) is 2. The number of benzene rings is 2. The average Bonchev–Trinajstić information content (AvgIpc) is 2.73. The summed E-state index contributed by atoms with van der Waals surface area (Å²) < 4.78 is 0. The monoisotopic (exact) mass is 408 g/mol. The summed E-state index contributed by atoms with van der Waals surface area (Å²) in [5.41, 5.74) is 4.66. The Balaban J connectivity index is 2.15. The fourth-order valence-corrected chi connectivity index (χ4v) is 3.57. The van der Waals surface area contributed by atoms with Gasteiger partial charge in [0.05, 0.1) is 0 Å². The predicted molar refractivity (Wildman–Crippen MR) is 123 cm³/mol. The number of aryl methyl sites for hydroxylation is 2. The molecule has 0 aliphatic rings. The maximum absolute atomic E-state index is 13.2. The maximum atomic E-state index is 13.2. The Bertz CT molecular complexity index is 810. The van der Waals surface area contributed by atoms with Crippen LogP contribution in [0.1, 0.15) is 68.7 Å². The Kier molecular flexibility index (Phi) is 9.10. The maximum Gasteiger partial charge on any atom is 0.242 e. The first kappa shape index (κ1) is 23.7. The molecule has 4 heteroatoms. The summed E-state index contributed by atoms with van der Waals surface area (Å²) >= 11 is 0. The second kappa shape index (κ2) is 11.5. The molecule has 0 fully saturated rings. The van der Waals surface area contributed by atoms with Crippen LogP contribution in [0.25, 0.3) is 0 Å². The molecule has 0 aromatic heterocycles. The van der Waals surface area contributed by atoms with Gasteiger partial charge in [-0.1, -0.05) is 74.9 Å². The Hall–Kier alpha value is -2.62.